The van der Waals surface area contributed by atoms with Crippen molar-refractivity contribution in [1.82, 2.24) is 4.57 Å². The van der Waals surface area contributed by atoms with Crippen LogP contribution >= 0.6 is 0 Å². The molecule has 114 valence electrons. The molecular formula is C15H19NO5. The Kier molecular flexibility index (Phi) is 4.35. The van der Waals surface area contributed by atoms with Crippen LogP contribution < -0.4 is 20.9 Å². The normalized spacial score (nSPS) is 11.1. The number of aryl methyl sites for hydroxylation is 1. The zero-order valence-corrected chi connectivity index (χ0v) is 12.6. The second-order valence-corrected chi connectivity index (χ2v) is 5.18. The summed E-state index contributed by atoms with van der Waals surface area (Å²) in [5.74, 6) is 0.479. The summed E-state index contributed by atoms with van der Waals surface area (Å²) in [6.07, 6.45) is 0.803. The highest BCUT2D eigenvalue weighted by Gasteiger charge is 2.17. The third-order valence-corrected chi connectivity index (χ3v) is 3.35. The van der Waals surface area contributed by atoms with Crippen LogP contribution in [0.2, 0.25) is 0 Å². The van der Waals surface area contributed by atoms with E-state index >= 15 is 0 Å². The molecule has 0 N–H and O–H groups in total. The van der Waals surface area contributed by atoms with E-state index in [9.17, 15) is 9.59 Å². The lowest BCUT2D eigenvalue weighted by Gasteiger charge is -2.13. The Balaban J connectivity index is 2.76. The highest BCUT2D eigenvalue weighted by molar-refractivity contribution is 5.87. The standard InChI is InChI=1S/C15H19NO5/c1-9(2)7-8-16-10-5-6-11(19-3)13(20-4)12(10)14(17)21-15(16)18/h5-6,9H,7-8H2,1-4H3. The van der Waals surface area contributed by atoms with Crippen molar-refractivity contribution >= 4 is 10.9 Å². The van der Waals surface area contributed by atoms with Crippen molar-refractivity contribution in [2.45, 2.75) is 26.8 Å². The Morgan fingerprint density at radius 1 is 1.19 bits per heavy atom. The summed E-state index contributed by atoms with van der Waals surface area (Å²) in [7, 11) is 2.93. The molecule has 0 saturated heterocycles. The molecule has 0 atom stereocenters. The summed E-state index contributed by atoms with van der Waals surface area (Å²) >= 11 is 0. The fourth-order valence-corrected chi connectivity index (χ4v) is 2.22. The number of hydrogen-bond donors (Lipinski definition) is 0. The molecule has 6 nitrogen and oxygen atoms in total. The topological polar surface area (TPSA) is 70.7 Å². The summed E-state index contributed by atoms with van der Waals surface area (Å²) in [6.45, 7) is 4.61. The van der Waals surface area contributed by atoms with Gasteiger partial charge < -0.3 is 13.9 Å². The number of rotatable bonds is 5. The van der Waals surface area contributed by atoms with Crippen LogP contribution in [0.1, 0.15) is 20.3 Å². The van der Waals surface area contributed by atoms with Crippen molar-refractivity contribution < 1.29 is 13.9 Å². The van der Waals surface area contributed by atoms with Gasteiger partial charge in [0.25, 0.3) is 0 Å². The van der Waals surface area contributed by atoms with E-state index in [1.165, 1.54) is 18.8 Å². The molecule has 0 aliphatic heterocycles. The zero-order valence-electron chi connectivity index (χ0n) is 12.6. The van der Waals surface area contributed by atoms with Gasteiger partial charge in [0.1, 0.15) is 5.39 Å². The average Bonchev–Trinajstić information content (AvgIpc) is 2.45. The van der Waals surface area contributed by atoms with Gasteiger partial charge in [-0.05, 0) is 24.5 Å². The first-order valence-electron chi connectivity index (χ1n) is 6.78. The Morgan fingerprint density at radius 3 is 2.48 bits per heavy atom. The predicted molar refractivity (Wildman–Crippen MR) is 79.3 cm³/mol. The minimum absolute atomic E-state index is 0.222. The first kappa shape index (κ1) is 15.2. The van der Waals surface area contributed by atoms with E-state index in [1.807, 2.05) is 0 Å². The minimum Gasteiger partial charge on any atom is -0.493 e. The molecule has 0 aliphatic carbocycles. The molecule has 21 heavy (non-hydrogen) atoms. The second-order valence-electron chi connectivity index (χ2n) is 5.18. The van der Waals surface area contributed by atoms with E-state index in [-0.39, 0.29) is 11.1 Å². The minimum atomic E-state index is -0.716. The zero-order chi connectivity index (χ0) is 15.6. The molecule has 0 unspecified atom stereocenters. The Bertz CT molecular complexity index is 757. The molecule has 0 aliphatic rings. The maximum absolute atomic E-state index is 12.0. The van der Waals surface area contributed by atoms with E-state index in [2.05, 4.69) is 13.8 Å². The predicted octanol–water partition coefficient (Wildman–Crippen LogP) is 2.02. The van der Waals surface area contributed by atoms with Crippen LogP contribution in [0.3, 0.4) is 0 Å². The Morgan fingerprint density at radius 2 is 1.90 bits per heavy atom. The monoisotopic (exact) mass is 293 g/mol. The first-order chi connectivity index (χ1) is 9.99. The quantitative estimate of drug-likeness (QED) is 0.843. The number of methoxy groups -OCH3 is 2. The highest BCUT2D eigenvalue weighted by Crippen LogP contribution is 2.32. The van der Waals surface area contributed by atoms with Gasteiger partial charge >= 0.3 is 11.4 Å². The lowest BCUT2D eigenvalue weighted by molar-refractivity contribution is 0.353. The lowest BCUT2D eigenvalue weighted by atomic mass is 10.1. The molecule has 1 aromatic carbocycles. The molecule has 1 heterocycles. The molecule has 1 aromatic heterocycles. The van der Waals surface area contributed by atoms with Crippen molar-refractivity contribution in [3.8, 4) is 11.5 Å². The van der Waals surface area contributed by atoms with E-state index in [4.69, 9.17) is 13.9 Å². The molecule has 0 fully saturated rings. The van der Waals surface area contributed by atoms with Crippen molar-refractivity contribution in [3.05, 3.63) is 33.1 Å². The van der Waals surface area contributed by atoms with Crippen molar-refractivity contribution in [2.24, 2.45) is 5.92 Å². The van der Waals surface area contributed by atoms with Crippen LogP contribution in [0.4, 0.5) is 0 Å². The van der Waals surface area contributed by atoms with Gasteiger partial charge in [0.2, 0.25) is 0 Å². The Hall–Kier alpha value is -2.24. The average molecular weight is 293 g/mol. The van der Waals surface area contributed by atoms with Crippen LogP contribution in [-0.4, -0.2) is 18.8 Å². The van der Waals surface area contributed by atoms with Gasteiger partial charge in [0.15, 0.2) is 11.5 Å². The lowest BCUT2D eigenvalue weighted by Crippen LogP contribution is -2.26. The van der Waals surface area contributed by atoms with Gasteiger partial charge in [-0.3, -0.25) is 4.57 Å². The van der Waals surface area contributed by atoms with Gasteiger partial charge in [-0.15, -0.1) is 0 Å². The molecule has 0 radical (unpaired) electrons. The fourth-order valence-electron chi connectivity index (χ4n) is 2.22. The third kappa shape index (κ3) is 2.79. The van der Waals surface area contributed by atoms with Crippen LogP contribution in [0.5, 0.6) is 11.5 Å². The van der Waals surface area contributed by atoms with Gasteiger partial charge in [-0.2, -0.15) is 0 Å². The molecule has 0 bridgehead atoms. The van der Waals surface area contributed by atoms with Crippen molar-refractivity contribution in [3.63, 3.8) is 0 Å². The molecule has 6 heteroatoms. The summed E-state index contributed by atoms with van der Waals surface area (Å²) in [5, 5.41) is 0.222. The van der Waals surface area contributed by atoms with E-state index < -0.39 is 11.4 Å². The summed E-state index contributed by atoms with van der Waals surface area (Å²) < 4.78 is 16.7. The smallest absolute Gasteiger partial charge is 0.422 e. The largest absolute Gasteiger partial charge is 0.493 e. The Labute approximate surface area is 121 Å². The highest BCUT2D eigenvalue weighted by atomic mass is 16.5. The van der Waals surface area contributed by atoms with Gasteiger partial charge in [-0.25, -0.2) is 9.59 Å². The van der Waals surface area contributed by atoms with Crippen LogP contribution in [-0.2, 0) is 6.54 Å². The van der Waals surface area contributed by atoms with Crippen LogP contribution in [0, 0.1) is 5.92 Å². The molecule has 2 aromatic rings. The van der Waals surface area contributed by atoms with Crippen LogP contribution in [0.15, 0.2) is 26.1 Å². The number of nitrogens with zero attached hydrogens (tertiary/aromatic N) is 1. The molecule has 2 rings (SSSR count). The number of benzene rings is 1. The maximum atomic E-state index is 12.0. The number of ether oxygens (including phenoxy) is 2. The number of fused-ring (bicyclic) bond motifs is 1. The molecule has 0 saturated carbocycles. The van der Waals surface area contributed by atoms with E-state index in [1.54, 1.807) is 12.1 Å². The molecular weight excluding hydrogens is 274 g/mol. The third-order valence-electron chi connectivity index (χ3n) is 3.35. The summed E-state index contributed by atoms with van der Waals surface area (Å²) in [6, 6.07) is 3.35. The van der Waals surface area contributed by atoms with Crippen LogP contribution in [0.25, 0.3) is 10.9 Å². The van der Waals surface area contributed by atoms with Gasteiger partial charge in [-0.1, -0.05) is 13.8 Å². The fraction of sp³-hybridized carbons (Fsp3) is 0.467. The summed E-state index contributed by atoms with van der Waals surface area (Å²) in [4.78, 5) is 24.0. The van der Waals surface area contributed by atoms with Crippen molar-refractivity contribution in [2.75, 3.05) is 14.2 Å². The van der Waals surface area contributed by atoms with E-state index in [0.29, 0.717) is 23.7 Å². The maximum Gasteiger partial charge on any atom is 0.422 e. The molecule has 0 spiro atoms. The SMILES string of the molecule is COc1ccc2c(c1OC)c(=O)oc(=O)n2CCC(C)C. The summed E-state index contributed by atoms with van der Waals surface area (Å²) in [5.41, 5.74) is -0.221. The number of hydrogen-bond acceptors (Lipinski definition) is 5. The first-order valence-corrected chi connectivity index (χ1v) is 6.78. The molecule has 0 amide bonds. The van der Waals surface area contributed by atoms with Gasteiger partial charge in [0.05, 0.1) is 19.7 Å². The van der Waals surface area contributed by atoms with Crippen molar-refractivity contribution in [1.29, 1.82) is 0 Å². The van der Waals surface area contributed by atoms with Gasteiger partial charge in [0, 0.05) is 6.54 Å². The second kappa shape index (κ2) is 6.03. The van der Waals surface area contributed by atoms with E-state index in [0.717, 1.165) is 6.42 Å². The number of aromatic nitrogens is 1.